The Morgan fingerprint density at radius 2 is 1.50 bits per heavy atom. The fourth-order valence-electron chi connectivity index (χ4n) is 2.45. The first-order valence-corrected chi connectivity index (χ1v) is 8.69. The van der Waals surface area contributed by atoms with Crippen LogP contribution < -0.4 is 29.6 Å². The fraction of sp³-hybridized carbons (Fsp3) is 0. The standard InChI is InChI=1S/C16H11N3O7S.Na/c20-15-10-5-2-1-4-9(10)14(27(24,25)26)8-12(15)18-17-11-6-3-7-13(16(11)21)19(22)23;/h1-8,20-21H,(H,24,25,26);/q;+1/p-1. The molecule has 0 unspecified atom stereocenters. The third-order valence-corrected chi connectivity index (χ3v) is 4.56. The van der Waals surface area contributed by atoms with Crippen molar-refractivity contribution in [1.82, 2.24) is 0 Å². The Morgan fingerprint density at radius 1 is 0.893 bits per heavy atom. The summed E-state index contributed by atoms with van der Waals surface area (Å²) in [4.78, 5) is 9.42. The number of hydrogen-bond acceptors (Lipinski definition) is 9. The smallest absolute Gasteiger partial charge is 0.744 e. The summed E-state index contributed by atoms with van der Waals surface area (Å²) in [7, 11) is -4.88. The molecule has 0 aliphatic heterocycles. The molecule has 0 heterocycles. The predicted octanol–water partition coefficient (Wildman–Crippen LogP) is 0.483. The maximum atomic E-state index is 11.5. The summed E-state index contributed by atoms with van der Waals surface area (Å²) >= 11 is 0. The maximum Gasteiger partial charge on any atom is 1.00 e. The van der Waals surface area contributed by atoms with E-state index in [0.717, 1.165) is 12.1 Å². The first kappa shape index (κ1) is 21.7. The minimum absolute atomic E-state index is 0. The molecule has 0 saturated heterocycles. The van der Waals surface area contributed by atoms with Crippen LogP contribution in [0, 0.1) is 10.1 Å². The second-order valence-electron chi connectivity index (χ2n) is 5.34. The van der Waals surface area contributed by atoms with Gasteiger partial charge in [-0.05, 0) is 12.1 Å². The van der Waals surface area contributed by atoms with Crippen molar-refractivity contribution < 1.29 is 57.7 Å². The Kier molecular flexibility index (Phi) is 6.37. The van der Waals surface area contributed by atoms with Crippen LogP contribution in [0.1, 0.15) is 0 Å². The molecular weight excluding hydrogens is 401 g/mol. The van der Waals surface area contributed by atoms with E-state index in [0.29, 0.717) is 0 Å². The van der Waals surface area contributed by atoms with Crippen molar-refractivity contribution in [2.75, 3.05) is 0 Å². The summed E-state index contributed by atoms with van der Waals surface area (Å²) in [6.07, 6.45) is 0. The van der Waals surface area contributed by atoms with Crippen LogP contribution in [0.2, 0.25) is 0 Å². The minimum Gasteiger partial charge on any atom is -0.744 e. The van der Waals surface area contributed by atoms with Gasteiger partial charge in [0, 0.05) is 16.8 Å². The number of benzene rings is 3. The van der Waals surface area contributed by atoms with Gasteiger partial charge in [-0.25, -0.2) is 8.42 Å². The van der Waals surface area contributed by atoms with Crippen LogP contribution in [0.5, 0.6) is 11.5 Å². The average Bonchev–Trinajstić information content (AvgIpc) is 2.61. The second-order valence-corrected chi connectivity index (χ2v) is 6.69. The van der Waals surface area contributed by atoms with Crippen molar-refractivity contribution in [3.05, 3.63) is 58.6 Å². The van der Waals surface area contributed by atoms with E-state index in [4.69, 9.17) is 0 Å². The molecule has 0 aliphatic rings. The van der Waals surface area contributed by atoms with Crippen LogP contribution in [0.3, 0.4) is 0 Å². The molecule has 0 spiro atoms. The first-order valence-electron chi connectivity index (χ1n) is 7.29. The van der Waals surface area contributed by atoms with Crippen LogP contribution in [-0.4, -0.2) is 28.1 Å². The molecule has 138 valence electrons. The summed E-state index contributed by atoms with van der Waals surface area (Å²) in [6.45, 7) is 0. The topological polar surface area (TPSA) is 166 Å². The summed E-state index contributed by atoms with van der Waals surface area (Å²) in [5, 5.41) is 38.4. The molecule has 3 rings (SSSR count). The van der Waals surface area contributed by atoms with Crippen molar-refractivity contribution in [2.45, 2.75) is 4.90 Å². The second kappa shape index (κ2) is 8.20. The molecule has 12 heteroatoms. The van der Waals surface area contributed by atoms with Crippen LogP contribution in [0.4, 0.5) is 17.1 Å². The number of nitro benzene ring substituents is 1. The summed E-state index contributed by atoms with van der Waals surface area (Å²) < 4.78 is 34.6. The van der Waals surface area contributed by atoms with E-state index >= 15 is 0 Å². The summed E-state index contributed by atoms with van der Waals surface area (Å²) in [5.74, 6) is -1.19. The van der Waals surface area contributed by atoms with Crippen LogP contribution in [-0.2, 0) is 10.1 Å². The Morgan fingerprint density at radius 3 is 2.11 bits per heavy atom. The predicted molar refractivity (Wildman–Crippen MR) is 92.5 cm³/mol. The number of nitro groups is 1. The van der Waals surface area contributed by atoms with E-state index in [1.165, 1.54) is 36.4 Å². The number of fused-ring (bicyclic) bond motifs is 1. The quantitative estimate of drug-likeness (QED) is 0.207. The number of para-hydroxylation sites is 1. The Bertz CT molecular complexity index is 1210. The number of azo groups is 1. The maximum absolute atomic E-state index is 11.5. The van der Waals surface area contributed by atoms with Crippen LogP contribution >= 0.6 is 0 Å². The van der Waals surface area contributed by atoms with Gasteiger partial charge in [0.1, 0.15) is 21.5 Å². The number of aromatic hydroxyl groups is 2. The van der Waals surface area contributed by atoms with Gasteiger partial charge in [-0.3, -0.25) is 10.1 Å². The molecule has 0 fully saturated rings. The third kappa shape index (κ3) is 4.13. The van der Waals surface area contributed by atoms with Gasteiger partial charge in [-0.2, -0.15) is 0 Å². The van der Waals surface area contributed by atoms with E-state index < -0.39 is 37.1 Å². The van der Waals surface area contributed by atoms with Crippen molar-refractivity contribution in [1.29, 1.82) is 0 Å². The molecule has 0 radical (unpaired) electrons. The first-order chi connectivity index (χ1) is 12.7. The molecule has 0 atom stereocenters. The van der Waals surface area contributed by atoms with Crippen molar-refractivity contribution in [3.8, 4) is 11.5 Å². The number of phenolic OH excluding ortho intramolecular Hbond substituents is 2. The number of phenols is 2. The normalized spacial score (nSPS) is 11.5. The Labute approximate surface area is 180 Å². The van der Waals surface area contributed by atoms with Gasteiger partial charge >= 0.3 is 35.2 Å². The van der Waals surface area contributed by atoms with Crippen LogP contribution in [0.15, 0.2) is 63.7 Å². The zero-order valence-corrected chi connectivity index (χ0v) is 17.1. The largest absolute Gasteiger partial charge is 1.00 e. The third-order valence-electron chi connectivity index (χ3n) is 3.68. The van der Waals surface area contributed by atoms with Crippen molar-refractivity contribution in [3.63, 3.8) is 0 Å². The van der Waals surface area contributed by atoms with Gasteiger partial charge in [0.25, 0.3) is 0 Å². The molecule has 0 saturated carbocycles. The van der Waals surface area contributed by atoms with Gasteiger partial charge < -0.3 is 14.8 Å². The van der Waals surface area contributed by atoms with Gasteiger partial charge in [0.2, 0.25) is 5.75 Å². The van der Waals surface area contributed by atoms with Gasteiger partial charge in [0.05, 0.1) is 9.82 Å². The van der Waals surface area contributed by atoms with Gasteiger partial charge in [-0.1, -0.05) is 30.3 Å². The van der Waals surface area contributed by atoms with E-state index in [2.05, 4.69) is 10.2 Å². The molecule has 0 aliphatic carbocycles. The molecule has 0 aromatic heterocycles. The van der Waals surface area contributed by atoms with E-state index in [9.17, 15) is 33.3 Å². The zero-order chi connectivity index (χ0) is 19.8. The van der Waals surface area contributed by atoms with Crippen molar-refractivity contribution in [2.24, 2.45) is 10.2 Å². The summed E-state index contributed by atoms with van der Waals surface area (Å²) in [5.41, 5.74) is -1.23. The monoisotopic (exact) mass is 411 g/mol. The molecule has 0 bridgehead atoms. The minimum atomic E-state index is -4.88. The number of hydrogen-bond donors (Lipinski definition) is 2. The van der Waals surface area contributed by atoms with E-state index in [1.54, 1.807) is 0 Å². The van der Waals surface area contributed by atoms with E-state index in [-0.39, 0.29) is 51.7 Å². The van der Waals surface area contributed by atoms with Gasteiger partial charge in [-0.15, -0.1) is 10.2 Å². The van der Waals surface area contributed by atoms with Gasteiger partial charge in [0.15, 0.2) is 5.75 Å². The summed E-state index contributed by atoms with van der Waals surface area (Å²) in [6, 6.07) is 10.2. The molecular formula is C16H10N3NaO7S. The number of nitrogens with zero attached hydrogens (tertiary/aromatic N) is 3. The molecule has 3 aromatic rings. The molecule has 0 amide bonds. The molecule has 3 aromatic carbocycles. The van der Waals surface area contributed by atoms with Crippen LogP contribution in [0.25, 0.3) is 10.8 Å². The Balaban J connectivity index is 0.00000280. The average molecular weight is 411 g/mol. The molecule has 10 nitrogen and oxygen atoms in total. The van der Waals surface area contributed by atoms with E-state index in [1.807, 2.05) is 0 Å². The Hall–Kier alpha value is -2.57. The molecule has 2 N–H and O–H groups in total. The fourth-order valence-corrected chi connectivity index (χ4v) is 3.15. The number of rotatable bonds is 4. The zero-order valence-electron chi connectivity index (χ0n) is 14.3. The molecule has 28 heavy (non-hydrogen) atoms. The van der Waals surface area contributed by atoms with Crippen molar-refractivity contribution >= 4 is 38.0 Å². The SMILES string of the molecule is O=[N+]([O-])c1cccc(N=Nc2cc(S(=O)(=O)[O-])c3ccccc3c2O)c1O.[Na+].